The average Bonchev–Trinajstić information content (AvgIpc) is 2.21. The molecule has 0 bridgehead atoms. The number of halogens is 2. The molecule has 1 aromatic carbocycles. The molecule has 84 valence electrons. The van der Waals surface area contributed by atoms with Crippen molar-refractivity contribution in [3.63, 3.8) is 0 Å². The van der Waals surface area contributed by atoms with Gasteiger partial charge in [-0.1, -0.05) is 31.9 Å². The van der Waals surface area contributed by atoms with Crippen LogP contribution in [0.2, 0.25) is 5.02 Å². The molecule has 0 aliphatic carbocycles. The smallest absolute Gasteiger partial charge is 0.123 e. The van der Waals surface area contributed by atoms with Crippen molar-refractivity contribution in [2.24, 2.45) is 5.92 Å². The summed E-state index contributed by atoms with van der Waals surface area (Å²) in [5.41, 5.74) is 0.484. The Kier molecular flexibility index (Phi) is 4.55. The number of rotatable bonds is 4. The summed E-state index contributed by atoms with van der Waals surface area (Å²) in [7, 11) is 0. The Morgan fingerprint density at radius 2 is 2.13 bits per heavy atom. The molecular formula is C12H16ClFO. The molecule has 0 heterocycles. The molecule has 15 heavy (non-hydrogen) atoms. The Bertz CT molecular complexity index is 327. The molecule has 0 aromatic heterocycles. The maximum absolute atomic E-state index is 13.0. The lowest BCUT2D eigenvalue weighted by Crippen LogP contribution is -2.09. The molecule has 0 aliphatic rings. The van der Waals surface area contributed by atoms with Crippen molar-refractivity contribution in [2.75, 3.05) is 0 Å². The molecule has 0 spiro atoms. The molecule has 0 saturated carbocycles. The van der Waals surface area contributed by atoms with Crippen molar-refractivity contribution in [3.8, 4) is 0 Å². The molecule has 1 N–H and O–H groups in total. The summed E-state index contributed by atoms with van der Waals surface area (Å²) in [6.07, 6.45) is 1.20. The van der Waals surface area contributed by atoms with Crippen molar-refractivity contribution >= 4 is 11.6 Å². The summed E-state index contributed by atoms with van der Waals surface area (Å²) in [5, 5.41) is 10.4. The Hall–Kier alpha value is -0.600. The van der Waals surface area contributed by atoms with E-state index < -0.39 is 6.10 Å². The first-order valence-electron chi connectivity index (χ1n) is 5.19. The quantitative estimate of drug-likeness (QED) is 0.831. The summed E-state index contributed by atoms with van der Waals surface area (Å²) < 4.78 is 13.0. The highest BCUT2D eigenvalue weighted by Gasteiger charge is 2.18. The molecule has 3 heteroatoms. The van der Waals surface area contributed by atoms with Crippen LogP contribution < -0.4 is 0 Å². The molecule has 0 fully saturated rings. The minimum Gasteiger partial charge on any atom is -0.388 e. The van der Waals surface area contributed by atoms with Gasteiger partial charge in [0.05, 0.1) is 6.10 Å². The van der Waals surface area contributed by atoms with Gasteiger partial charge in [-0.3, -0.25) is 0 Å². The molecule has 2 atom stereocenters. The fourth-order valence-corrected chi connectivity index (χ4v) is 1.89. The van der Waals surface area contributed by atoms with Crippen LogP contribution in [-0.4, -0.2) is 5.11 Å². The lowest BCUT2D eigenvalue weighted by molar-refractivity contribution is 0.112. The van der Waals surface area contributed by atoms with Gasteiger partial charge in [0, 0.05) is 10.6 Å². The Labute approximate surface area is 94.9 Å². The second-order valence-corrected chi connectivity index (χ2v) is 4.28. The first-order chi connectivity index (χ1) is 7.06. The van der Waals surface area contributed by atoms with Gasteiger partial charge in [-0.25, -0.2) is 4.39 Å². The van der Waals surface area contributed by atoms with Gasteiger partial charge in [-0.15, -0.1) is 0 Å². The van der Waals surface area contributed by atoms with Crippen LogP contribution >= 0.6 is 11.6 Å². The largest absolute Gasteiger partial charge is 0.388 e. The highest BCUT2D eigenvalue weighted by Crippen LogP contribution is 2.30. The van der Waals surface area contributed by atoms with Crippen molar-refractivity contribution in [1.82, 2.24) is 0 Å². The number of benzene rings is 1. The molecule has 2 unspecified atom stereocenters. The second-order valence-electron chi connectivity index (χ2n) is 3.88. The van der Waals surface area contributed by atoms with Crippen molar-refractivity contribution in [2.45, 2.75) is 32.8 Å². The van der Waals surface area contributed by atoms with E-state index in [0.717, 1.165) is 12.8 Å². The maximum atomic E-state index is 13.0. The average molecular weight is 231 g/mol. The van der Waals surface area contributed by atoms with Crippen LogP contribution in [0.5, 0.6) is 0 Å². The predicted octanol–water partition coefficient (Wildman–Crippen LogP) is 3.95. The minimum atomic E-state index is -0.687. The van der Waals surface area contributed by atoms with Crippen LogP contribution in [-0.2, 0) is 0 Å². The highest BCUT2D eigenvalue weighted by atomic mass is 35.5. The molecule has 0 saturated heterocycles. The van der Waals surface area contributed by atoms with E-state index in [4.69, 9.17) is 11.6 Å². The van der Waals surface area contributed by atoms with E-state index in [1.165, 1.54) is 18.2 Å². The van der Waals surface area contributed by atoms with Crippen molar-refractivity contribution < 1.29 is 9.50 Å². The summed E-state index contributed by atoms with van der Waals surface area (Å²) >= 11 is 5.91. The zero-order valence-electron chi connectivity index (χ0n) is 9.00. The van der Waals surface area contributed by atoms with Gasteiger partial charge < -0.3 is 5.11 Å². The fourth-order valence-electron chi connectivity index (χ4n) is 1.66. The standard InChI is InChI=1S/C12H16ClFO/c1-3-4-8(2)12(15)10-7-9(14)5-6-11(10)13/h5-8,12,15H,3-4H2,1-2H3. The summed E-state index contributed by atoms with van der Waals surface area (Å²) in [6, 6.07) is 4.08. The zero-order valence-corrected chi connectivity index (χ0v) is 9.76. The van der Waals surface area contributed by atoms with Crippen LogP contribution in [0.4, 0.5) is 4.39 Å². The lowest BCUT2D eigenvalue weighted by Gasteiger charge is -2.19. The maximum Gasteiger partial charge on any atom is 0.123 e. The minimum absolute atomic E-state index is 0.0919. The van der Waals surface area contributed by atoms with Crippen molar-refractivity contribution in [1.29, 1.82) is 0 Å². The third kappa shape index (κ3) is 3.18. The zero-order chi connectivity index (χ0) is 11.4. The summed E-state index contributed by atoms with van der Waals surface area (Å²) in [4.78, 5) is 0. The molecule has 1 nitrogen and oxygen atoms in total. The highest BCUT2D eigenvalue weighted by molar-refractivity contribution is 6.31. The predicted molar refractivity (Wildman–Crippen MR) is 60.4 cm³/mol. The van der Waals surface area contributed by atoms with Crippen LogP contribution in [0.25, 0.3) is 0 Å². The molecule has 0 amide bonds. The Morgan fingerprint density at radius 3 is 2.73 bits per heavy atom. The lowest BCUT2D eigenvalue weighted by atomic mass is 9.93. The number of hydrogen-bond donors (Lipinski definition) is 1. The van der Waals surface area contributed by atoms with E-state index in [-0.39, 0.29) is 11.7 Å². The molecule has 1 rings (SSSR count). The van der Waals surface area contributed by atoms with Gasteiger partial charge in [0.25, 0.3) is 0 Å². The van der Waals surface area contributed by atoms with E-state index in [0.29, 0.717) is 10.6 Å². The van der Waals surface area contributed by atoms with Crippen LogP contribution in [0, 0.1) is 11.7 Å². The molecule has 0 aliphatic heterocycles. The van der Waals surface area contributed by atoms with E-state index in [1.807, 2.05) is 6.92 Å². The van der Waals surface area contributed by atoms with Gasteiger partial charge in [0.1, 0.15) is 5.82 Å². The molecule has 0 radical (unpaired) electrons. The number of aliphatic hydroxyl groups is 1. The normalized spacial score (nSPS) is 15.0. The summed E-state index contributed by atoms with van der Waals surface area (Å²) in [6.45, 7) is 3.99. The number of hydrogen-bond acceptors (Lipinski definition) is 1. The van der Waals surface area contributed by atoms with Crippen LogP contribution in [0.15, 0.2) is 18.2 Å². The van der Waals surface area contributed by atoms with E-state index in [2.05, 4.69) is 6.92 Å². The van der Waals surface area contributed by atoms with Crippen LogP contribution in [0.1, 0.15) is 38.4 Å². The first kappa shape index (κ1) is 12.5. The van der Waals surface area contributed by atoms with Gasteiger partial charge in [-0.2, -0.15) is 0 Å². The number of aliphatic hydroxyl groups excluding tert-OH is 1. The van der Waals surface area contributed by atoms with Crippen LogP contribution in [0.3, 0.4) is 0 Å². The van der Waals surface area contributed by atoms with Gasteiger partial charge in [-0.05, 0) is 30.5 Å². The second kappa shape index (κ2) is 5.47. The molecular weight excluding hydrogens is 215 g/mol. The first-order valence-corrected chi connectivity index (χ1v) is 5.57. The Morgan fingerprint density at radius 1 is 1.47 bits per heavy atom. The monoisotopic (exact) mass is 230 g/mol. The third-order valence-corrected chi connectivity index (χ3v) is 2.90. The fraction of sp³-hybridized carbons (Fsp3) is 0.500. The molecule has 1 aromatic rings. The van der Waals surface area contributed by atoms with Crippen molar-refractivity contribution in [3.05, 3.63) is 34.6 Å². The topological polar surface area (TPSA) is 20.2 Å². The van der Waals surface area contributed by atoms with Gasteiger partial charge in [0.15, 0.2) is 0 Å². The van der Waals surface area contributed by atoms with Gasteiger partial charge in [0.2, 0.25) is 0 Å². The Balaban J connectivity index is 2.89. The van der Waals surface area contributed by atoms with E-state index in [9.17, 15) is 9.50 Å². The third-order valence-electron chi connectivity index (χ3n) is 2.56. The van der Waals surface area contributed by atoms with Gasteiger partial charge >= 0.3 is 0 Å². The van der Waals surface area contributed by atoms with E-state index in [1.54, 1.807) is 0 Å². The van der Waals surface area contributed by atoms with E-state index >= 15 is 0 Å². The SMILES string of the molecule is CCCC(C)C(O)c1cc(F)ccc1Cl. The summed E-state index contributed by atoms with van der Waals surface area (Å²) in [5.74, 6) is -0.272.